The predicted octanol–water partition coefficient (Wildman–Crippen LogP) is 3.77. The number of furan rings is 1. The highest BCUT2D eigenvalue weighted by molar-refractivity contribution is 5.40. The zero-order valence-electron chi connectivity index (χ0n) is 13.0. The third-order valence-corrected chi connectivity index (χ3v) is 4.49. The van der Waals surface area contributed by atoms with Gasteiger partial charge < -0.3 is 14.9 Å². The lowest BCUT2D eigenvalue weighted by Gasteiger charge is -2.13. The SMILES string of the molecule is Cc1oc(C)c(C(N)CCc2ccc3c(c2)CCO3)c1C. The first-order valence-electron chi connectivity index (χ1n) is 7.63. The Labute approximate surface area is 126 Å². The van der Waals surface area contributed by atoms with Crippen molar-refractivity contribution in [1.29, 1.82) is 0 Å². The van der Waals surface area contributed by atoms with E-state index in [1.807, 2.05) is 13.8 Å². The fourth-order valence-electron chi connectivity index (χ4n) is 3.22. The predicted molar refractivity (Wildman–Crippen MR) is 83.8 cm³/mol. The fraction of sp³-hybridized carbons (Fsp3) is 0.444. The zero-order valence-corrected chi connectivity index (χ0v) is 13.0. The van der Waals surface area contributed by atoms with Crippen LogP contribution in [-0.4, -0.2) is 6.61 Å². The summed E-state index contributed by atoms with van der Waals surface area (Å²) >= 11 is 0. The molecule has 1 aliphatic rings. The molecule has 0 bridgehead atoms. The second-order valence-corrected chi connectivity index (χ2v) is 5.94. The van der Waals surface area contributed by atoms with E-state index in [1.54, 1.807) is 0 Å². The van der Waals surface area contributed by atoms with Gasteiger partial charge in [-0.2, -0.15) is 0 Å². The molecule has 0 saturated heterocycles. The Bertz CT molecular complexity index is 657. The third kappa shape index (κ3) is 2.70. The van der Waals surface area contributed by atoms with Crippen LogP contribution in [0.3, 0.4) is 0 Å². The largest absolute Gasteiger partial charge is 0.493 e. The maximum absolute atomic E-state index is 6.39. The van der Waals surface area contributed by atoms with Crippen molar-refractivity contribution in [3.05, 3.63) is 52.0 Å². The molecule has 0 aliphatic carbocycles. The molecule has 1 atom stereocenters. The first-order valence-corrected chi connectivity index (χ1v) is 7.63. The monoisotopic (exact) mass is 285 g/mol. The minimum atomic E-state index is 0.0342. The van der Waals surface area contributed by atoms with Crippen molar-refractivity contribution in [1.82, 2.24) is 0 Å². The van der Waals surface area contributed by atoms with Crippen LogP contribution in [-0.2, 0) is 12.8 Å². The maximum atomic E-state index is 6.39. The van der Waals surface area contributed by atoms with Crippen molar-refractivity contribution in [3.8, 4) is 5.75 Å². The molecule has 3 rings (SSSR count). The molecule has 2 heterocycles. The highest BCUT2D eigenvalue weighted by Crippen LogP contribution is 2.30. The van der Waals surface area contributed by atoms with E-state index in [4.69, 9.17) is 14.9 Å². The summed E-state index contributed by atoms with van der Waals surface area (Å²) in [6.45, 7) is 6.90. The first kappa shape index (κ1) is 14.2. The van der Waals surface area contributed by atoms with E-state index >= 15 is 0 Å². The van der Waals surface area contributed by atoms with Crippen LogP contribution in [0.4, 0.5) is 0 Å². The summed E-state index contributed by atoms with van der Waals surface area (Å²) in [5.74, 6) is 2.98. The van der Waals surface area contributed by atoms with Crippen LogP contribution in [0.25, 0.3) is 0 Å². The van der Waals surface area contributed by atoms with Gasteiger partial charge in [-0.05, 0) is 56.4 Å². The van der Waals surface area contributed by atoms with Gasteiger partial charge in [0.1, 0.15) is 17.3 Å². The molecule has 21 heavy (non-hydrogen) atoms. The van der Waals surface area contributed by atoms with Gasteiger partial charge in [-0.25, -0.2) is 0 Å². The van der Waals surface area contributed by atoms with Gasteiger partial charge in [0.15, 0.2) is 0 Å². The summed E-state index contributed by atoms with van der Waals surface area (Å²) in [4.78, 5) is 0. The Balaban J connectivity index is 1.70. The minimum Gasteiger partial charge on any atom is -0.493 e. The molecule has 3 nitrogen and oxygen atoms in total. The smallest absolute Gasteiger partial charge is 0.122 e. The number of hydrogen-bond donors (Lipinski definition) is 1. The van der Waals surface area contributed by atoms with Crippen LogP contribution in [0.2, 0.25) is 0 Å². The average Bonchev–Trinajstić information content (AvgIpc) is 3.01. The van der Waals surface area contributed by atoms with E-state index < -0.39 is 0 Å². The summed E-state index contributed by atoms with van der Waals surface area (Å²) < 4.78 is 11.2. The molecule has 0 radical (unpaired) electrons. The molecule has 0 spiro atoms. The van der Waals surface area contributed by atoms with Crippen molar-refractivity contribution >= 4 is 0 Å². The fourth-order valence-corrected chi connectivity index (χ4v) is 3.22. The van der Waals surface area contributed by atoms with Crippen LogP contribution < -0.4 is 10.5 Å². The van der Waals surface area contributed by atoms with Crippen LogP contribution >= 0.6 is 0 Å². The molecule has 0 fully saturated rings. The number of nitrogens with two attached hydrogens (primary N) is 1. The molecule has 1 unspecified atom stereocenters. The van der Waals surface area contributed by atoms with Gasteiger partial charge in [-0.15, -0.1) is 0 Å². The van der Waals surface area contributed by atoms with Crippen LogP contribution in [0.15, 0.2) is 22.6 Å². The van der Waals surface area contributed by atoms with E-state index in [0.29, 0.717) is 0 Å². The van der Waals surface area contributed by atoms with Gasteiger partial charge >= 0.3 is 0 Å². The molecule has 2 N–H and O–H groups in total. The van der Waals surface area contributed by atoms with E-state index in [2.05, 4.69) is 25.1 Å². The second kappa shape index (κ2) is 5.57. The topological polar surface area (TPSA) is 48.4 Å². The van der Waals surface area contributed by atoms with Gasteiger partial charge in [-0.3, -0.25) is 0 Å². The van der Waals surface area contributed by atoms with Crippen molar-refractivity contribution in [2.24, 2.45) is 5.73 Å². The van der Waals surface area contributed by atoms with E-state index in [9.17, 15) is 0 Å². The Morgan fingerprint density at radius 2 is 2.00 bits per heavy atom. The number of fused-ring (bicyclic) bond motifs is 1. The minimum absolute atomic E-state index is 0.0342. The second-order valence-electron chi connectivity index (χ2n) is 5.94. The quantitative estimate of drug-likeness (QED) is 0.930. The van der Waals surface area contributed by atoms with E-state index in [-0.39, 0.29) is 6.04 Å². The molecule has 2 aromatic rings. The van der Waals surface area contributed by atoms with Crippen LogP contribution in [0.1, 0.15) is 46.2 Å². The summed E-state index contributed by atoms with van der Waals surface area (Å²) in [5.41, 5.74) is 11.4. The van der Waals surface area contributed by atoms with Crippen molar-refractivity contribution in [2.75, 3.05) is 6.61 Å². The normalized spacial score (nSPS) is 14.9. The Hall–Kier alpha value is -1.74. The molecular formula is C18H23NO2. The molecule has 1 aliphatic heterocycles. The van der Waals surface area contributed by atoms with Gasteiger partial charge in [-0.1, -0.05) is 12.1 Å². The molecule has 112 valence electrons. The summed E-state index contributed by atoms with van der Waals surface area (Å²) in [7, 11) is 0. The lowest BCUT2D eigenvalue weighted by atomic mass is 9.96. The van der Waals surface area contributed by atoms with Gasteiger partial charge in [0.2, 0.25) is 0 Å². The molecular weight excluding hydrogens is 262 g/mol. The number of benzene rings is 1. The van der Waals surface area contributed by atoms with Gasteiger partial charge in [0.05, 0.1) is 6.61 Å². The highest BCUT2D eigenvalue weighted by Gasteiger charge is 2.18. The number of rotatable bonds is 4. The maximum Gasteiger partial charge on any atom is 0.122 e. The van der Waals surface area contributed by atoms with Gasteiger partial charge in [0, 0.05) is 18.0 Å². The molecule has 3 heteroatoms. The Morgan fingerprint density at radius 1 is 1.19 bits per heavy atom. The van der Waals surface area contributed by atoms with Crippen molar-refractivity contribution in [2.45, 2.75) is 46.1 Å². The van der Waals surface area contributed by atoms with Crippen LogP contribution in [0.5, 0.6) is 5.75 Å². The van der Waals surface area contributed by atoms with Crippen molar-refractivity contribution < 1.29 is 9.15 Å². The van der Waals surface area contributed by atoms with Gasteiger partial charge in [0.25, 0.3) is 0 Å². The zero-order chi connectivity index (χ0) is 15.0. The lowest BCUT2D eigenvalue weighted by molar-refractivity contribution is 0.357. The number of ether oxygens (including phenoxy) is 1. The molecule has 0 saturated carbocycles. The first-order chi connectivity index (χ1) is 10.1. The third-order valence-electron chi connectivity index (χ3n) is 4.49. The molecule has 1 aromatic heterocycles. The molecule has 1 aromatic carbocycles. The highest BCUT2D eigenvalue weighted by atomic mass is 16.5. The standard InChI is InChI=1S/C18H23NO2/c1-11-12(2)21-13(3)18(11)16(19)6-4-14-5-7-17-15(10-14)8-9-20-17/h5,7,10,16H,4,6,8-9,19H2,1-3H3. The van der Waals surface area contributed by atoms with Crippen LogP contribution in [0, 0.1) is 20.8 Å². The Kier molecular flexibility index (Phi) is 3.77. The number of hydrogen-bond acceptors (Lipinski definition) is 3. The van der Waals surface area contributed by atoms with Crippen molar-refractivity contribution in [3.63, 3.8) is 0 Å². The van der Waals surface area contributed by atoms with E-state index in [0.717, 1.165) is 43.1 Å². The average molecular weight is 285 g/mol. The van der Waals surface area contributed by atoms with E-state index in [1.165, 1.54) is 22.3 Å². The number of aryl methyl sites for hydroxylation is 3. The lowest BCUT2D eigenvalue weighted by Crippen LogP contribution is -2.13. The molecule has 0 amide bonds. The summed E-state index contributed by atoms with van der Waals surface area (Å²) in [6, 6.07) is 6.53. The Morgan fingerprint density at radius 3 is 2.71 bits per heavy atom. The summed E-state index contributed by atoms with van der Waals surface area (Å²) in [6.07, 6.45) is 2.94. The summed E-state index contributed by atoms with van der Waals surface area (Å²) in [5, 5.41) is 0.